The van der Waals surface area contributed by atoms with E-state index in [1.54, 1.807) is 0 Å². The summed E-state index contributed by atoms with van der Waals surface area (Å²) in [6.45, 7) is 6.33. The zero-order valence-electron chi connectivity index (χ0n) is 31.5. The van der Waals surface area contributed by atoms with Crippen LogP contribution in [0, 0.1) is 0 Å². The molecule has 0 aliphatic heterocycles. The zero-order valence-corrected chi connectivity index (χ0v) is 31.5. The van der Waals surface area contributed by atoms with Crippen LogP contribution in [0.5, 0.6) is 0 Å². The molecule has 0 aliphatic carbocycles. The van der Waals surface area contributed by atoms with Crippen molar-refractivity contribution >= 4 is 60.9 Å². The third-order valence-electron chi connectivity index (χ3n) is 10.9. The van der Waals surface area contributed by atoms with Crippen molar-refractivity contribution in [3.05, 3.63) is 223 Å². The van der Waals surface area contributed by atoms with Crippen molar-refractivity contribution in [3.63, 3.8) is 0 Å². The fourth-order valence-electron chi connectivity index (χ4n) is 8.08. The minimum absolute atomic E-state index is 0.618. The predicted octanol–water partition coefficient (Wildman–Crippen LogP) is 13.5. The topological polar surface area (TPSA) is 34.6 Å². The van der Waals surface area contributed by atoms with Crippen LogP contribution in [0.15, 0.2) is 217 Å². The maximum absolute atomic E-state index is 5.06. The van der Waals surface area contributed by atoms with Crippen LogP contribution in [0.2, 0.25) is 0 Å². The maximum Gasteiger partial charge on any atom is 0.160 e. The highest BCUT2D eigenvalue weighted by Gasteiger charge is 2.17. The van der Waals surface area contributed by atoms with E-state index < -0.39 is 0 Å². The van der Waals surface area contributed by atoms with Crippen molar-refractivity contribution in [2.24, 2.45) is 9.98 Å². The predicted molar refractivity (Wildman–Crippen MR) is 241 cm³/mol. The van der Waals surface area contributed by atoms with E-state index in [4.69, 9.17) is 9.98 Å². The summed E-state index contributed by atoms with van der Waals surface area (Å²) in [5.74, 6) is 0.618. The van der Waals surface area contributed by atoms with Crippen LogP contribution in [-0.2, 0) is 0 Å². The van der Waals surface area contributed by atoms with Gasteiger partial charge in [-0.2, -0.15) is 0 Å². The van der Waals surface area contributed by atoms with Crippen LogP contribution in [0.4, 0.5) is 0 Å². The Morgan fingerprint density at radius 1 is 0.386 bits per heavy atom. The molecule has 0 spiro atoms. The van der Waals surface area contributed by atoms with Crippen LogP contribution >= 0.6 is 0 Å². The molecule has 10 aromatic rings. The van der Waals surface area contributed by atoms with Gasteiger partial charge in [-0.1, -0.05) is 134 Å². The fraction of sp³-hybridized carbons (Fsp3) is 0.0189. The monoisotopic (exact) mass is 730 g/mol. The van der Waals surface area contributed by atoms with Gasteiger partial charge >= 0.3 is 0 Å². The highest BCUT2D eigenvalue weighted by atomic mass is 15.0. The number of amidine groups is 1. The first-order chi connectivity index (χ1) is 28.1. The molecule has 0 fully saturated rings. The lowest BCUT2D eigenvalue weighted by Gasteiger charge is -2.11. The summed E-state index contributed by atoms with van der Waals surface area (Å²) in [6, 6.07) is 70.6. The lowest BCUT2D eigenvalue weighted by molar-refractivity contribution is 1.18. The molecule has 0 saturated carbocycles. The van der Waals surface area contributed by atoms with Crippen LogP contribution in [-0.4, -0.2) is 20.7 Å². The molecule has 270 valence electrons. The Morgan fingerprint density at radius 3 is 1.37 bits per heavy atom. The van der Waals surface area contributed by atoms with Crippen molar-refractivity contribution in [1.82, 2.24) is 9.13 Å². The standard InChI is InChI=1S/C53H38N4/c1-36(38-16-6-3-7-17-38)54-53(55-37(2)39-18-8-4-9-19-39)40-26-30-44(31-27-40)57-50-25-15-13-23-46(50)48-35-42(29-33-52(48)57)41-28-32-51-47(34-41)45-22-12-14-24-49(45)56(51)43-20-10-5-11-21-43/h3-35H,1H2,2H3. The number of para-hydroxylation sites is 3. The molecule has 57 heavy (non-hydrogen) atoms. The summed E-state index contributed by atoms with van der Waals surface area (Å²) in [6.07, 6.45) is 0. The molecule has 10 rings (SSSR count). The van der Waals surface area contributed by atoms with Gasteiger partial charge in [0.15, 0.2) is 5.84 Å². The number of hydrogen-bond donors (Lipinski definition) is 0. The van der Waals surface area contributed by atoms with Gasteiger partial charge in [0.2, 0.25) is 0 Å². The van der Waals surface area contributed by atoms with Crippen molar-refractivity contribution in [2.75, 3.05) is 0 Å². The second-order valence-electron chi connectivity index (χ2n) is 14.4. The third-order valence-corrected chi connectivity index (χ3v) is 10.9. The van der Waals surface area contributed by atoms with E-state index in [0.717, 1.165) is 44.8 Å². The zero-order chi connectivity index (χ0) is 38.3. The summed E-state index contributed by atoms with van der Waals surface area (Å²) in [7, 11) is 0. The van der Waals surface area contributed by atoms with Gasteiger partial charge in [-0.15, -0.1) is 0 Å². The normalized spacial score (nSPS) is 12.2. The fourth-order valence-corrected chi connectivity index (χ4v) is 8.08. The van der Waals surface area contributed by atoms with E-state index in [9.17, 15) is 0 Å². The molecule has 0 amide bonds. The van der Waals surface area contributed by atoms with Crippen molar-refractivity contribution < 1.29 is 0 Å². The van der Waals surface area contributed by atoms with E-state index in [0.29, 0.717) is 11.5 Å². The molecule has 2 aromatic heterocycles. The van der Waals surface area contributed by atoms with E-state index in [1.807, 2.05) is 55.5 Å². The van der Waals surface area contributed by atoms with Gasteiger partial charge < -0.3 is 9.13 Å². The lowest BCUT2D eigenvalue weighted by Crippen LogP contribution is -2.05. The summed E-state index contributed by atoms with van der Waals surface area (Å²) in [5.41, 5.74) is 13.8. The summed E-state index contributed by atoms with van der Waals surface area (Å²) < 4.78 is 4.72. The molecular formula is C53H38N4. The van der Waals surface area contributed by atoms with Crippen LogP contribution in [0.3, 0.4) is 0 Å². The Hall–Kier alpha value is -7.56. The van der Waals surface area contributed by atoms with E-state index >= 15 is 0 Å². The minimum Gasteiger partial charge on any atom is -0.309 e. The van der Waals surface area contributed by atoms with Gasteiger partial charge in [0.25, 0.3) is 0 Å². The first-order valence-corrected chi connectivity index (χ1v) is 19.3. The van der Waals surface area contributed by atoms with Gasteiger partial charge in [-0.25, -0.2) is 9.98 Å². The molecule has 8 aromatic carbocycles. The van der Waals surface area contributed by atoms with Crippen LogP contribution < -0.4 is 0 Å². The Labute approximate surface area is 331 Å². The second-order valence-corrected chi connectivity index (χ2v) is 14.4. The van der Waals surface area contributed by atoms with E-state index in [1.165, 1.54) is 43.7 Å². The van der Waals surface area contributed by atoms with Crippen molar-refractivity contribution in [1.29, 1.82) is 0 Å². The number of benzene rings is 8. The number of hydrogen-bond acceptors (Lipinski definition) is 1. The van der Waals surface area contributed by atoms with Gasteiger partial charge in [0, 0.05) is 44.2 Å². The molecule has 0 N–H and O–H groups in total. The number of nitrogens with zero attached hydrogens (tertiary/aromatic N) is 4. The summed E-state index contributed by atoms with van der Waals surface area (Å²) in [4.78, 5) is 10.1. The highest BCUT2D eigenvalue weighted by Crippen LogP contribution is 2.38. The Bertz CT molecular complexity index is 3170. The molecule has 0 atom stereocenters. The van der Waals surface area contributed by atoms with Crippen molar-refractivity contribution in [2.45, 2.75) is 6.92 Å². The van der Waals surface area contributed by atoms with Gasteiger partial charge in [0.1, 0.15) is 0 Å². The van der Waals surface area contributed by atoms with E-state index in [2.05, 4.69) is 167 Å². The first-order valence-electron chi connectivity index (χ1n) is 19.3. The van der Waals surface area contributed by atoms with Crippen LogP contribution in [0.1, 0.15) is 23.6 Å². The molecule has 0 unspecified atom stereocenters. The molecule has 4 nitrogen and oxygen atoms in total. The Kier molecular flexibility index (Phi) is 8.50. The van der Waals surface area contributed by atoms with Gasteiger partial charge in [-0.05, 0) is 102 Å². The molecule has 0 bridgehead atoms. The van der Waals surface area contributed by atoms with Crippen LogP contribution in [0.25, 0.3) is 71.8 Å². The average Bonchev–Trinajstić information content (AvgIpc) is 3.79. The quantitative estimate of drug-likeness (QED) is 0.116. The molecule has 0 radical (unpaired) electrons. The smallest absolute Gasteiger partial charge is 0.160 e. The lowest BCUT2D eigenvalue weighted by atomic mass is 10.0. The average molecular weight is 731 g/mol. The molecule has 2 heterocycles. The largest absolute Gasteiger partial charge is 0.309 e. The first kappa shape index (κ1) is 34.0. The molecular weight excluding hydrogens is 693 g/mol. The third kappa shape index (κ3) is 6.14. The molecule has 4 heteroatoms. The SMILES string of the molecule is C=C(N=C(N=C(C)c1ccccc1)c1ccc(-n2c3ccccc3c3cc(-c4ccc5c(c4)c4ccccc4n5-c4ccccc4)ccc32)cc1)c1ccccc1. The number of rotatable bonds is 7. The summed E-state index contributed by atoms with van der Waals surface area (Å²) in [5, 5.41) is 4.92. The minimum atomic E-state index is 0.618. The number of fused-ring (bicyclic) bond motifs is 6. The van der Waals surface area contributed by atoms with Crippen molar-refractivity contribution in [3.8, 4) is 22.5 Å². The highest BCUT2D eigenvalue weighted by molar-refractivity contribution is 6.14. The molecule has 0 saturated heterocycles. The molecule has 0 aliphatic rings. The Morgan fingerprint density at radius 2 is 0.825 bits per heavy atom. The van der Waals surface area contributed by atoms with Gasteiger partial charge in [-0.3, -0.25) is 0 Å². The maximum atomic E-state index is 5.06. The second kappa shape index (κ2) is 14.3. The Balaban J connectivity index is 1.06. The number of aromatic nitrogens is 2. The van der Waals surface area contributed by atoms with E-state index in [-0.39, 0.29) is 0 Å². The number of aliphatic imine (C=N–C) groups is 2. The summed E-state index contributed by atoms with van der Waals surface area (Å²) >= 11 is 0. The van der Waals surface area contributed by atoms with Gasteiger partial charge in [0.05, 0.1) is 27.8 Å².